The van der Waals surface area contributed by atoms with Gasteiger partial charge in [-0.15, -0.1) is 0 Å². The number of hydrogen-bond acceptors (Lipinski definition) is 4. The minimum Gasteiger partial charge on any atom is -0.347 e. The van der Waals surface area contributed by atoms with E-state index < -0.39 is 0 Å². The summed E-state index contributed by atoms with van der Waals surface area (Å²) >= 11 is 11.8. The van der Waals surface area contributed by atoms with E-state index in [9.17, 15) is 4.79 Å². The molecule has 0 aliphatic carbocycles. The van der Waals surface area contributed by atoms with Gasteiger partial charge in [0.05, 0.1) is 28.7 Å². The van der Waals surface area contributed by atoms with Crippen LogP contribution in [-0.2, 0) is 0 Å². The van der Waals surface area contributed by atoms with Gasteiger partial charge in [-0.2, -0.15) is 0 Å². The largest absolute Gasteiger partial charge is 0.347 e. The summed E-state index contributed by atoms with van der Waals surface area (Å²) in [7, 11) is 3.67. The zero-order chi connectivity index (χ0) is 14.7. The maximum absolute atomic E-state index is 12.1. The van der Waals surface area contributed by atoms with E-state index in [0.717, 1.165) is 0 Å². The minimum absolute atomic E-state index is 0.292. The molecule has 1 heterocycles. The number of anilines is 2. The van der Waals surface area contributed by atoms with E-state index in [0.29, 0.717) is 27.2 Å². The van der Waals surface area contributed by atoms with Gasteiger partial charge < -0.3 is 10.2 Å². The molecule has 20 heavy (non-hydrogen) atoms. The van der Waals surface area contributed by atoms with E-state index in [1.807, 2.05) is 14.1 Å². The van der Waals surface area contributed by atoms with Crippen LogP contribution in [0.25, 0.3) is 0 Å². The lowest BCUT2D eigenvalue weighted by atomic mass is 10.2. The average Bonchev–Trinajstić information content (AvgIpc) is 2.39. The molecule has 0 spiro atoms. The Hall–Kier alpha value is -1.85. The van der Waals surface area contributed by atoms with Crippen molar-refractivity contribution >= 4 is 40.7 Å². The highest BCUT2D eigenvalue weighted by Crippen LogP contribution is 2.22. The fraction of sp³-hybridized carbons (Fsp3) is 0.154. The molecule has 0 aliphatic rings. The zero-order valence-corrected chi connectivity index (χ0v) is 12.4. The number of carbonyl (C=O) groups excluding carboxylic acids is 1. The van der Waals surface area contributed by atoms with E-state index in [1.165, 1.54) is 18.5 Å². The van der Waals surface area contributed by atoms with Gasteiger partial charge in [0.15, 0.2) is 0 Å². The second kappa shape index (κ2) is 6.07. The number of nitrogens with one attached hydrogen (secondary N) is 1. The third-order valence-electron chi connectivity index (χ3n) is 2.47. The Kier molecular flexibility index (Phi) is 4.42. The van der Waals surface area contributed by atoms with Crippen LogP contribution < -0.4 is 10.2 Å². The van der Waals surface area contributed by atoms with Crippen LogP contribution in [0.15, 0.2) is 30.6 Å². The molecule has 0 saturated carbocycles. The van der Waals surface area contributed by atoms with Crippen molar-refractivity contribution in [3.05, 3.63) is 46.2 Å². The highest BCUT2D eigenvalue weighted by Gasteiger charge is 2.11. The molecular weight excluding hydrogens is 299 g/mol. The predicted molar refractivity (Wildman–Crippen MR) is 80.8 cm³/mol. The first-order chi connectivity index (χ1) is 9.47. The molecule has 0 bridgehead atoms. The van der Waals surface area contributed by atoms with E-state index in [-0.39, 0.29) is 5.91 Å². The molecule has 104 valence electrons. The van der Waals surface area contributed by atoms with Gasteiger partial charge in [0.25, 0.3) is 5.91 Å². The van der Waals surface area contributed by atoms with E-state index >= 15 is 0 Å². The van der Waals surface area contributed by atoms with Crippen molar-refractivity contribution in [1.29, 1.82) is 0 Å². The predicted octanol–water partition coefficient (Wildman–Crippen LogP) is 3.10. The highest BCUT2D eigenvalue weighted by atomic mass is 35.5. The zero-order valence-electron chi connectivity index (χ0n) is 10.9. The number of rotatable bonds is 3. The summed E-state index contributed by atoms with van der Waals surface area (Å²) in [6, 6.07) is 4.69. The van der Waals surface area contributed by atoms with Gasteiger partial charge in [0.1, 0.15) is 0 Å². The Morgan fingerprint density at radius 3 is 2.40 bits per heavy atom. The second-order valence-corrected chi connectivity index (χ2v) is 5.09. The number of carbonyl (C=O) groups is 1. The lowest BCUT2D eigenvalue weighted by Crippen LogP contribution is -2.15. The van der Waals surface area contributed by atoms with Crippen LogP contribution in [0.3, 0.4) is 0 Å². The van der Waals surface area contributed by atoms with Crippen molar-refractivity contribution < 1.29 is 4.79 Å². The second-order valence-electron chi connectivity index (χ2n) is 4.24. The summed E-state index contributed by atoms with van der Waals surface area (Å²) in [5.74, 6) is 0.223. The number of amides is 1. The molecule has 2 aromatic rings. The summed E-state index contributed by atoms with van der Waals surface area (Å²) in [5, 5.41) is 3.44. The number of aromatic nitrogens is 2. The van der Waals surface area contributed by atoms with Gasteiger partial charge in [-0.25, -0.2) is 9.97 Å². The molecule has 5 nitrogen and oxygen atoms in total. The van der Waals surface area contributed by atoms with Gasteiger partial charge in [-0.1, -0.05) is 23.2 Å². The molecular formula is C13H12Cl2N4O. The normalized spacial score (nSPS) is 10.2. The van der Waals surface area contributed by atoms with Crippen LogP contribution in [0.1, 0.15) is 10.4 Å². The molecule has 1 aromatic carbocycles. The Labute approximate surface area is 126 Å². The molecule has 7 heteroatoms. The lowest BCUT2D eigenvalue weighted by molar-refractivity contribution is 0.102. The SMILES string of the molecule is CN(C)c1ncc(NC(=O)c2ccc(Cl)cc2Cl)cn1. The minimum atomic E-state index is -0.340. The fourth-order valence-corrected chi connectivity index (χ4v) is 1.98. The van der Waals surface area contributed by atoms with Crippen molar-refractivity contribution in [2.75, 3.05) is 24.3 Å². The first-order valence-electron chi connectivity index (χ1n) is 5.73. The van der Waals surface area contributed by atoms with E-state index in [2.05, 4.69) is 15.3 Å². The molecule has 0 unspecified atom stereocenters. The monoisotopic (exact) mass is 310 g/mol. The van der Waals surface area contributed by atoms with Crippen LogP contribution in [-0.4, -0.2) is 30.0 Å². The molecule has 0 aliphatic heterocycles. The topological polar surface area (TPSA) is 58.1 Å². The quantitative estimate of drug-likeness (QED) is 0.946. The van der Waals surface area contributed by atoms with Gasteiger partial charge in [-0.3, -0.25) is 4.79 Å². The van der Waals surface area contributed by atoms with Crippen LogP contribution in [0.4, 0.5) is 11.6 Å². The maximum Gasteiger partial charge on any atom is 0.257 e. The Morgan fingerprint density at radius 2 is 1.85 bits per heavy atom. The smallest absolute Gasteiger partial charge is 0.257 e. The van der Waals surface area contributed by atoms with E-state index in [1.54, 1.807) is 17.0 Å². The van der Waals surface area contributed by atoms with Crippen LogP contribution in [0, 0.1) is 0 Å². The number of hydrogen-bond donors (Lipinski definition) is 1. The third kappa shape index (κ3) is 3.37. The maximum atomic E-state index is 12.1. The van der Waals surface area contributed by atoms with E-state index in [4.69, 9.17) is 23.2 Å². The summed E-state index contributed by atoms with van der Waals surface area (Å²) in [4.78, 5) is 22.0. The molecule has 0 fully saturated rings. The first kappa shape index (κ1) is 14.6. The Balaban J connectivity index is 2.15. The molecule has 1 aromatic heterocycles. The molecule has 0 saturated heterocycles. The van der Waals surface area contributed by atoms with Crippen LogP contribution >= 0.6 is 23.2 Å². The molecule has 2 rings (SSSR count). The summed E-state index contributed by atoms with van der Waals surface area (Å²) < 4.78 is 0. The summed E-state index contributed by atoms with van der Waals surface area (Å²) in [6.07, 6.45) is 3.06. The number of nitrogens with zero attached hydrogens (tertiary/aromatic N) is 3. The van der Waals surface area contributed by atoms with Crippen molar-refractivity contribution in [1.82, 2.24) is 9.97 Å². The van der Waals surface area contributed by atoms with Gasteiger partial charge >= 0.3 is 0 Å². The van der Waals surface area contributed by atoms with Crippen molar-refractivity contribution in [2.24, 2.45) is 0 Å². The third-order valence-corrected chi connectivity index (χ3v) is 3.02. The van der Waals surface area contributed by atoms with Gasteiger partial charge in [0, 0.05) is 19.1 Å². The van der Waals surface area contributed by atoms with Gasteiger partial charge in [0.2, 0.25) is 5.95 Å². The van der Waals surface area contributed by atoms with Crippen molar-refractivity contribution in [3.63, 3.8) is 0 Å². The number of benzene rings is 1. The molecule has 0 atom stereocenters. The van der Waals surface area contributed by atoms with Crippen molar-refractivity contribution in [3.8, 4) is 0 Å². The Bertz CT molecular complexity index is 629. The molecule has 0 radical (unpaired) electrons. The highest BCUT2D eigenvalue weighted by molar-refractivity contribution is 6.37. The standard InChI is InChI=1S/C13H12Cl2N4O/c1-19(2)13-16-6-9(7-17-13)18-12(20)10-4-3-8(14)5-11(10)15/h3-7H,1-2H3,(H,18,20). The van der Waals surface area contributed by atoms with Crippen LogP contribution in [0.5, 0.6) is 0 Å². The molecule has 1 amide bonds. The molecule has 1 N–H and O–H groups in total. The van der Waals surface area contributed by atoms with Crippen molar-refractivity contribution in [2.45, 2.75) is 0 Å². The lowest BCUT2D eigenvalue weighted by Gasteiger charge is -2.10. The summed E-state index contributed by atoms with van der Waals surface area (Å²) in [6.45, 7) is 0. The first-order valence-corrected chi connectivity index (χ1v) is 6.49. The van der Waals surface area contributed by atoms with Crippen LogP contribution in [0.2, 0.25) is 10.0 Å². The number of halogens is 2. The van der Waals surface area contributed by atoms with Gasteiger partial charge in [-0.05, 0) is 18.2 Å². The fourth-order valence-electron chi connectivity index (χ4n) is 1.49. The summed E-state index contributed by atoms with van der Waals surface area (Å²) in [5.41, 5.74) is 0.833. The average molecular weight is 311 g/mol. The Morgan fingerprint density at radius 1 is 1.20 bits per heavy atom.